The molecule has 0 bridgehead atoms. The number of nitrogens with zero attached hydrogens (tertiary/aromatic N) is 1. The number of benzene rings is 1. The lowest BCUT2D eigenvalue weighted by atomic mass is 10.1. The largest absolute Gasteiger partial charge is 0.507 e. The zero-order valence-electron chi connectivity index (χ0n) is 12.1. The number of hydrogen-bond donors (Lipinski definition) is 2. The number of aryl methyl sites for hydroxylation is 2. The van der Waals surface area contributed by atoms with E-state index in [4.69, 9.17) is 4.74 Å². The van der Waals surface area contributed by atoms with Gasteiger partial charge in [-0.2, -0.15) is 0 Å². The molecule has 0 amide bonds. The van der Waals surface area contributed by atoms with Gasteiger partial charge in [0.15, 0.2) is 0 Å². The van der Waals surface area contributed by atoms with Crippen molar-refractivity contribution < 1.29 is 9.84 Å². The van der Waals surface area contributed by atoms with E-state index in [0.29, 0.717) is 5.75 Å². The van der Waals surface area contributed by atoms with E-state index < -0.39 is 0 Å². The summed E-state index contributed by atoms with van der Waals surface area (Å²) in [7, 11) is 2.11. The van der Waals surface area contributed by atoms with Crippen LogP contribution in [0.5, 0.6) is 5.75 Å². The Balaban J connectivity index is 1.92. The molecule has 0 aliphatic carbocycles. The third-order valence-electron chi connectivity index (χ3n) is 3.52. The van der Waals surface area contributed by atoms with Crippen LogP contribution in [0.25, 0.3) is 0 Å². The molecule has 0 spiro atoms. The van der Waals surface area contributed by atoms with Crippen LogP contribution in [-0.4, -0.2) is 49.4 Å². The highest BCUT2D eigenvalue weighted by Gasteiger charge is 2.15. The molecule has 0 radical (unpaired) electrons. The van der Waals surface area contributed by atoms with E-state index in [0.717, 1.165) is 43.9 Å². The molecule has 0 saturated carbocycles. The Bertz CT molecular complexity index is 405. The number of ether oxygens (including phenoxy) is 1. The summed E-state index contributed by atoms with van der Waals surface area (Å²) in [5.74, 6) is 0.409. The van der Waals surface area contributed by atoms with E-state index in [-0.39, 0.29) is 6.10 Å². The van der Waals surface area contributed by atoms with Crippen LogP contribution in [0, 0.1) is 13.8 Å². The Morgan fingerprint density at radius 3 is 2.63 bits per heavy atom. The second-order valence-corrected chi connectivity index (χ2v) is 5.47. The van der Waals surface area contributed by atoms with Crippen molar-refractivity contribution in [2.24, 2.45) is 0 Å². The zero-order chi connectivity index (χ0) is 13.8. The zero-order valence-corrected chi connectivity index (χ0v) is 12.1. The molecule has 106 valence electrons. The Kier molecular flexibility index (Phi) is 4.80. The molecular formula is C15H24N2O2. The third kappa shape index (κ3) is 3.93. The maximum atomic E-state index is 9.78. The molecule has 4 nitrogen and oxygen atoms in total. The molecule has 1 atom stereocenters. The van der Waals surface area contributed by atoms with Gasteiger partial charge in [-0.05, 0) is 37.6 Å². The molecule has 1 saturated heterocycles. The Labute approximate surface area is 115 Å². The molecule has 19 heavy (non-hydrogen) atoms. The standard InChI is InChI=1S/C15H24N2O2/c1-11-6-13(7-12(2)15(11)18)9-17(3)10-14-8-16-4-5-19-14/h6-7,14,16,18H,4-5,8-10H2,1-3H3. The summed E-state index contributed by atoms with van der Waals surface area (Å²) in [6, 6.07) is 4.11. The molecule has 1 heterocycles. The van der Waals surface area contributed by atoms with Gasteiger partial charge in [-0.15, -0.1) is 0 Å². The van der Waals surface area contributed by atoms with Crippen molar-refractivity contribution in [3.05, 3.63) is 28.8 Å². The van der Waals surface area contributed by atoms with Gasteiger partial charge >= 0.3 is 0 Å². The number of aromatic hydroxyl groups is 1. The van der Waals surface area contributed by atoms with Crippen LogP contribution in [0.15, 0.2) is 12.1 Å². The van der Waals surface area contributed by atoms with Crippen LogP contribution >= 0.6 is 0 Å². The van der Waals surface area contributed by atoms with E-state index in [9.17, 15) is 5.11 Å². The Hall–Kier alpha value is -1.10. The van der Waals surface area contributed by atoms with Crippen molar-refractivity contribution >= 4 is 0 Å². The van der Waals surface area contributed by atoms with Gasteiger partial charge in [-0.25, -0.2) is 0 Å². The summed E-state index contributed by atoms with van der Waals surface area (Å²) in [5, 5.41) is 13.1. The minimum absolute atomic E-state index is 0.276. The van der Waals surface area contributed by atoms with Crippen LogP contribution in [-0.2, 0) is 11.3 Å². The number of phenols is 1. The first-order valence-corrected chi connectivity index (χ1v) is 6.86. The first-order chi connectivity index (χ1) is 9.06. The second kappa shape index (κ2) is 6.37. The van der Waals surface area contributed by atoms with Gasteiger partial charge in [0.2, 0.25) is 0 Å². The molecular weight excluding hydrogens is 240 g/mol. The van der Waals surface area contributed by atoms with Gasteiger partial charge < -0.3 is 15.2 Å². The molecule has 2 N–H and O–H groups in total. The monoisotopic (exact) mass is 264 g/mol. The fourth-order valence-electron chi connectivity index (χ4n) is 2.60. The van der Waals surface area contributed by atoms with Crippen molar-refractivity contribution in [2.75, 3.05) is 33.3 Å². The Morgan fingerprint density at radius 2 is 2.05 bits per heavy atom. The van der Waals surface area contributed by atoms with Crippen molar-refractivity contribution in [3.8, 4) is 5.75 Å². The predicted octanol–water partition coefficient (Wildman–Crippen LogP) is 1.43. The number of morpholine rings is 1. The highest BCUT2D eigenvalue weighted by Crippen LogP contribution is 2.23. The minimum Gasteiger partial charge on any atom is -0.507 e. The molecule has 1 aromatic carbocycles. The van der Waals surface area contributed by atoms with Gasteiger partial charge in [0.25, 0.3) is 0 Å². The smallest absolute Gasteiger partial charge is 0.121 e. The van der Waals surface area contributed by atoms with Gasteiger partial charge in [-0.1, -0.05) is 12.1 Å². The molecule has 1 aliphatic heterocycles. The summed E-state index contributed by atoms with van der Waals surface area (Å²) in [6.45, 7) is 8.37. The fourth-order valence-corrected chi connectivity index (χ4v) is 2.60. The number of likely N-dealkylation sites (N-methyl/N-ethyl adjacent to an activating group) is 1. The van der Waals surface area contributed by atoms with E-state index in [1.807, 2.05) is 13.8 Å². The van der Waals surface area contributed by atoms with Crippen molar-refractivity contribution in [3.63, 3.8) is 0 Å². The molecule has 1 unspecified atom stereocenters. The van der Waals surface area contributed by atoms with Crippen LogP contribution in [0.4, 0.5) is 0 Å². The maximum absolute atomic E-state index is 9.78. The van der Waals surface area contributed by atoms with Crippen LogP contribution in [0.3, 0.4) is 0 Å². The molecule has 1 aliphatic rings. The maximum Gasteiger partial charge on any atom is 0.121 e. The summed E-state index contributed by atoms with van der Waals surface area (Å²) in [6.07, 6.45) is 0.276. The quantitative estimate of drug-likeness (QED) is 0.863. The highest BCUT2D eigenvalue weighted by molar-refractivity contribution is 5.42. The molecule has 1 fully saturated rings. The van der Waals surface area contributed by atoms with Crippen molar-refractivity contribution in [2.45, 2.75) is 26.5 Å². The lowest BCUT2D eigenvalue weighted by Gasteiger charge is -2.28. The van der Waals surface area contributed by atoms with E-state index in [1.54, 1.807) is 0 Å². The summed E-state index contributed by atoms with van der Waals surface area (Å²) < 4.78 is 5.71. The van der Waals surface area contributed by atoms with Crippen molar-refractivity contribution in [1.29, 1.82) is 0 Å². The van der Waals surface area contributed by atoms with Crippen LogP contribution in [0.2, 0.25) is 0 Å². The fraction of sp³-hybridized carbons (Fsp3) is 0.600. The summed E-state index contributed by atoms with van der Waals surface area (Å²) >= 11 is 0. The lowest BCUT2D eigenvalue weighted by Crippen LogP contribution is -2.44. The number of rotatable bonds is 4. The first kappa shape index (κ1) is 14.3. The summed E-state index contributed by atoms with van der Waals surface area (Å²) in [5.41, 5.74) is 3.12. The van der Waals surface area contributed by atoms with E-state index in [1.165, 1.54) is 5.56 Å². The Morgan fingerprint density at radius 1 is 1.37 bits per heavy atom. The SMILES string of the molecule is Cc1cc(CN(C)CC2CNCCO2)cc(C)c1O. The molecule has 4 heteroatoms. The minimum atomic E-state index is 0.276. The topological polar surface area (TPSA) is 44.7 Å². The van der Waals surface area contributed by atoms with Gasteiger partial charge in [0.1, 0.15) is 5.75 Å². The molecule has 1 aromatic rings. The van der Waals surface area contributed by atoms with Gasteiger partial charge in [0.05, 0.1) is 12.7 Å². The van der Waals surface area contributed by atoms with Crippen molar-refractivity contribution in [1.82, 2.24) is 10.2 Å². The average Bonchev–Trinajstić information content (AvgIpc) is 2.37. The van der Waals surface area contributed by atoms with Gasteiger partial charge in [-0.3, -0.25) is 4.90 Å². The first-order valence-electron chi connectivity index (χ1n) is 6.86. The van der Waals surface area contributed by atoms with Crippen LogP contribution in [0.1, 0.15) is 16.7 Å². The second-order valence-electron chi connectivity index (χ2n) is 5.47. The molecule has 2 rings (SSSR count). The lowest BCUT2D eigenvalue weighted by molar-refractivity contribution is 0.00884. The average molecular weight is 264 g/mol. The normalized spacial score (nSPS) is 19.9. The number of hydrogen-bond acceptors (Lipinski definition) is 4. The van der Waals surface area contributed by atoms with Crippen LogP contribution < -0.4 is 5.32 Å². The number of phenolic OH excluding ortho intramolecular Hbond substituents is 1. The van der Waals surface area contributed by atoms with E-state index in [2.05, 4.69) is 29.4 Å². The summed E-state index contributed by atoms with van der Waals surface area (Å²) in [4.78, 5) is 2.27. The van der Waals surface area contributed by atoms with Gasteiger partial charge in [0, 0.05) is 26.2 Å². The predicted molar refractivity (Wildman–Crippen MR) is 76.5 cm³/mol. The third-order valence-corrected chi connectivity index (χ3v) is 3.52. The molecule has 0 aromatic heterocycles. The highest BCUT2D eigenvalue weighted by atomic mass is 16.5. The van der Waals surface area contributed by atoms with E-state index >= 15 is 0 Å². The number of nitrogens with one attached hydrogen (secondary N) is 1.